The highest BCUT2D eigenvalue weighted by atomic mass is 127. The highest BCUT2D eigenvalue weighted by Crippen LogP contribution is 2.27. The van der Waals surface area contributed by atoms with Crippen LogP contribution in [0, 0.1) is 0 Å². The molecule has 2 aromatic carbocycles. The maximum absolute atomic E-state index is 6.01. The molecule has 166 valence electrons. The number of rotatable bonds is 11. The van der Waals surface area contributed by atoms with Crippen molar-refractivity contribution in [2.75, 3.05) is 34.4 Å². The summed E-state index contributed by atoms with van der Waals surface area (Å²) in [6, 6.07) is 16.9. The molecule has 1 atom stereocenters. The minimum atomic E-state index is 0. The zero-order valence-electron chi connectivity index (χ0n) is 18.4. The lowest BCUT2D eigenvalue weighted by Crippen LogP contribution is -2.34. The number of benzene rings is 2. The van der Waals surface area contributed by atoms with Crippen molar-refractivity contribution in [3.63, 3.8) is 0 Å². The molecule has 0 saturated carbocycles. The van der Waals surface area contributed by atoms with Gasteiger partial charge in [-0.25, -0.2) is 0 Å². The second kappa shape index (κ2) is 14.1. The number of nitrogens with two attached hydrogens (primary N) is 1. The zero-order chi connectivity index (χ0) is 21.1. The van der Waals surface area contributed by atoms with Crippen LogP contribution in [0.3, 0.4) is 0 Å². The minimum Gasteiger partial charge on any atom is -0.493 e. The van der Waals surface area contributed by atoms with E-state index in [1.165, 1.54) is 5.56 Å². The van der Waals surface area contributed by atoms with Gasteiger partial charge in [0.15, 0.2) is 17.5 Å². The molecule has 2 aromatic rings. The van der Waals surface area contributed by atoms with E-state index in [9.17, 15) is 0 Å². The van der Waals surface area contributed by atoms with Gasteiger partial charge in [-0.05, 0) is 50.1 Å². The largest absolute Gasteiger partial charge is 0.493 e. The summed E-state index contributed by atoms with van der Waals surface area (Å²) in [5.74, 6) is 1.96. The van der Waals surface area contributed by atoms with Gasteiger partial charge >= 0.3 is 0 Å². The molecule has 0 saturated heterocycles. The first-order valence-electron chi connectivity index (χ1n) is 10.0. The summed E-state index contributed by atoms with van der Waals surface area (Å²) < 4.78 is 10.6. The van der Waals surface area contributed by atoms with Crippen LogP contribution >= 0.6 is 24.0 Å². The van der Waals surface area contributed by atoms with E-state index >= 15 is 0 Å². The lowest BCUT2D eigenvalue weighted by atomic mass is 10.1. The van der Waals surface area contributed by atoms with Gasteiger partial charge in [-0.15, -0.1) is 24.0 Å². The molecule has 0 amide bonds. The Bertz CT molecular complexity index is 771. The maximum Gasteiger partial charge on any atom is 0.188 e. The number of ether oxygens (including phenoxy) is 2. The number of hydrogen-bond donors (Lipinski definition) is 2. The molecule has 0 spiro atoms. The fraction of sp³-hybridized carbons (Fsp3) is 0.435. The van der Waals surface area contributed by atoms with E-state index in [2.05, 4.69) is 53.4 Å². The van der Waals surface area contributed by atoms with Crippen molar-refractivity contribution in [2.24, 2.45) is 10.7 Å². The van der Waals surface area contributed by atoms with Gasteiger partial charge in [-0.1, -0.05) is 36.4 Å². The molecule has 0 aliphatic heterocycles. The van der Waals surface area contributed by atoms with Crippen LogP contribution in [0.15, 0.2) is 53.5 Å². The molecule has 0 heterocycles. The third-order valence-corrected chi connectivity index (χ3v) is 5.02. The second-order valence-electron chi connectivity index (χ2n) is 7.17. The SMILES string of the molecule is COc1ccc(CCNC(N)=NCCC(C)N(C)Cc2ccccc2)cc1OC.I. The number of hydrogen-bond acceptors (Lipinski definition) is 4. The summed E-state index contributed by atoms with van der Waals surface area (Å²) in [5, 5.41) is 3.18. The number of aliphatic imine (C=N–C) groups is 1. The predicted molar refractivity (Wildman–Crippen MR) is 135 cm³/mol. The summed E-state index contributed by atoms with van der Waals surface area (Å²) in [4.78, 5) is 6.80. The normalized spacial score (nSPS) is 12.2. The molecule has 6 nitrogen and oxygen atoms in total. The molecule has 0 radical (unpaired) electrons. The minimum absolute atomic E-state index is 0. The van der Waals surface area contributed by atoms with Gasteiger partial charge in [0.05, 0.1) is 14.2 Å². The van der Waals surface area contributed by atoms with E-state index in [0.29, 0.717) is 25.1 Å². The van der Waals surface area contributed by atoms with E-state index in [0.717, 1.165) is 36.4 Å². The van der Waals surface area contributed by atoms with Crippen LogP contribution in [0.25, 0.3) is 0 Å². The lowest BCUT2D eigenvalue weighted by molar-refractivity contribution is 0.240. The first-order valence-corrected chi connectivity index (χ1v) is 10.0. The Balaban J connectivity index is 0.00000450. The molecule has 1 unspecified atom stereocenters. The van der Waals surface area contributed by atoms with Crippen molar-refractivity contribution in [3.8, 4) is 11.5 Å². The van der Waals surface area contributed by atoms with Gasteiger partial charge < -0.3 is 20.5 Å². The molecule has 0 aliphatic carbocycles. The van der Waals surface area contributed by atoms with Crippen molar-refractivity contribution in [3.05, 3.63) is 59.7 Å². The molecule has 0 aliphatic rings. The lowest BCUT2D eigenvalue weighted by Gasteiger charge is -2.24. The fourth-order valence-corrected chi connectivity index (χ4v) is 3.05. The van der Waals surface area contributed by atoms with Crippen molar-refractivity contribution >= 4 is 29.9 Å². The van der Waals surface area contributed by atoms with Crippen LogP contribution < -0.4 is 20.5 Å². The van der Waals surface area contributed by atoms with Crippen LogP contribution in [0.1, 0.15) is 24.5 Å². The molecule has 0 aromatic heterocycles. The summed E-state index contributed by atoms with van der Waals surface area (Å²) in [5.41, 5.74) is 8.48. The standard InChI is InChI=1S/C23H34N4O2.HI/c1-18(27(2)17-20-8-6-5-7-9-20)12-14-25-23(24)26-15-13-19-10-11-21(28-3)22(16-19)29-4;/h5-11,16,18H,12-15,17H2,1-4H3,(H3,24,25,26);1H. The van der Waals surface area contributed by atoms with Crippen LogP contribution in [0.4, 0.5) is 0 Å². The van der Waals surface area contributed by atoms with Gasteiger partial charge in [0.2, 0.25) is 0 Å². The zero-order valence-corrected chi connectivity index (χ0v) is 20.8. The molecule has 0 bridgehead atoms. The second-order valence-corrected chi connectivity index (χ2v) is 7.17. The molecule has 3 N–H and O–H groups in total. The average Bonchev–Trinajstić information content (AvgIpc) is 2.74. The third-order valence-electron chi connectivity index (χ3n) is 5.02. The topological polar surface area (TPSA) is 72.1 Å². The Kier molecular flexibility index (Phi) is 12.2. The molecule has 30 heavy (non-hydrogen) atoms. The fourth-order valence-electron chi connectivity index (χ4n) is 3.05. The monoisotopic (exact) mass is 526 g/mol. The van der Waals surface area contributed by atoms with Gasteiger partial charge in [0.1, 0.15) is 0 Å². The van der Waals surface area contributed by atoms with Crippen molar-refractivity contribution < 1.29 is 9.47 Å². The molecule has 2 rings (SSSR count). The Morgan fingerprint density at radius 1 is 1.07 bits per heavy atom. The summed E-state index contributed by atoms with van der Waals surface area (Å²) in [7, 11) is 5.42. The quantitative estimate of drug-likeness (QED) is 0.266. The smallest absolute Gasteiger partial charge is 0.188 e. The average molecular weight is 526 g/mol. The van der Waals surface area contributed by atoms with Crippen LogP contribution in [0.2, 0.25) is 0 Å². The Morgan fingerprint density at radius 2 is 1.77 bits per heavy atom. The van der Waals surface area contributed by atoms with E-state index in [-0.39, 0.29) is 24.0 Å². The summed E-state index contributed by atoms with van der Waals surface area (Å²) >= 11 is 0. The van der Waals surface area contributed by atoms with E-state index < -0.39 is 0 Å². The highest BCUT2D eigenvalue weighted by molar-refractivity contribution is 14.0. The van der Waals surface area contributed by atoms with Gasteiger partial charge in [0.25, 0.3) is 0 Å². The highest BCUT2D eigenvalue weighted by Gasteiger charge is 2.09. The summed E-state index contributed by atoms with van der Waals surface area (Å²) in [6.07, 6.45) is 1.79. The van der Waals surface area contributed by atoms with E-state index in [1.54, 1.807) is 14.2 Å². The van der Waals surface area contributed by atoms with Crippen LogP contribution in [-0.2, 0) is 13.0 Å². The van der Waals surface area contributed by atoms with Crippen LogP contribution in [0.5, 0.6) is 11.5 Å². The number of nitrogens with zero attached hydrogens (tertiary/aromatic N) is 2. The van der Waals surface area contributed by atoms with E-state index in [4.69, 9.17) is 15.2 Å². The van der Waals surface area contributed by atoms with Crippen molar-refractivity contribution in [2.45, 2.75) is 32.4 Å². The first kappa shape index (κ1) is 26.0. The predicted octanol–water partition coefficient (Wildman–Crippen LogP) is 3.68. The van der Waals surface area contributed by atoms with E-state index in [1.807, 2.05) is 24.3 Å². The third kappa shape index (κ3) is 8.79. The van der Waals surface area contributed by atoms with Gasteiger partial charge in [-0.2, -0.15) is 0 Å². The maximum atomic E-state index is 6.01. The molecule has 7 heteroatoms. The number of guanidine groups is 1. The van der Waals surface area contributed by atoms with Crippen molar-refractivity contribution in [1.29, 1.82) is 0 Å². The molecule has 0 fully saturated rings. The van der Waals surface area contributed by atoms with Crippen LogP contribution in [-0.4, -0.2) is 51.3 Å². The van der Waals surface area contributed by atoms with Gasteiger partial charge in [0, 0.05) is 25.7 Å². The Labute approximate surface area is 197 Å². The number of nitrogens with one attached hydrogen (secondary N) is 1. The molecular formula is C23H35IN4O2. The number of methoxy groups -OCH3 is 2. The Morgan fingerprint density at radius 3 is 2.43 bits per heavy atom. The van der Waals surface area contributed by atoms with Crippen molar-refractivity contribution in [1.82, 2.24) is 10.2 Å². The summed E-state index contributed by atoms with van der Waals surface area (Å²) in [6.45, 7) is 4.58. The molecular weight excluding hydrogens is 491 g/mol. The van der Waals surface area contributed by atoms with Gasteiger partial charge in [-0.3, -0.25) is 9.89 Å². The Hall–Kier alpha value is -2.00. The number of halogens is 1. The first-order chi connectivity index (χ1) is 14.0.